The molecule has 0 bridgehead atoms. The summed E-state index contributed by atoms with van der Waals surface area (Å²) in [6.07, 6.45) is 5.13. The lowest BCUT2D eigenvalue weighted by Crippen LogP contribution is -2.32. The summed E-state index contributed by atoms with van der Waals surface area (Å²) >= 11 is 0. The maximum atomic E-state index is 6.24. The predicted molar refractivity (Wildman–Crippen MR) is 86.3 cm³/mol. The zero-order valence-electron chi connectivity index (χ0n) is 13.2. The number of benzene rings is 1. The van der Waals surface area contributed by atoms with Gasteiger partial charge in [-0.25, -0.2) is 0 Å². The molecule has 108 valence electrons. The molecule has 1 saturated carbocycles. The molecule has 2 nitrogen and oxygen atoms in total. The largest absolute Gasteiger partial charge is 0.348 e. The number of fused-ring (bicyclic) bond motifs is 1. The third-order valence-corrected chi connectivity index (χ3v) is 5.42. The molecule has 20 heavy (non-hydrogen) atoms. The van der Waals surface area contributed by atoms with Crippen molar-refractivity contribution < 1.29 is 0 Å². The van der Waals surface area contributed by atoms with Crippen molar-refractivity contribution in [3.63, 3.8) is 0 Å². The first-order valence-corrected chi connectivity index (χ1v) is 7.77. The number of hydrogen-bond acceptors (Lipinski definition) is 1. The van der Waals surface area contributed by atoms with E-state index < -0.39 is 0 Å². The van der Waals surface area contributed by atoms with Crippen LogP contribution < -0.4 is 5.73 Å². The number of aryl methyl sites for hydroxylation is 3. The fourth-order valence-corrected chi connectivity index (χ4v) is 4.32. The van der Waals surface area contributed by atoms with Crippen LogP contribution in [-0.2, 0) is 12.5 Å². The van der Waals surface area contributed by atoms with Gasteiger partial charge in [0.2, 0.25) is 0 Å². The van der Waals surface area contributed by atoms with Gasteiger partial charge in [-0.2, -0.15) is 0 Å². The van der Waals surface area contributed by atoms with Crippen LogP contribution in [0, 0.1) is 20.8 Å². The Morgan fingerprint density at radius 2 is 1.80 bits per heavy atom. The summed E-state index contributed by atoms with van der Waals surface area (Å²) in [4.78, 5) is 0. The Bertz CT molecular complexity index is 658. The minimum absolute atomic E-state index is 0.212. The monoisotopic (exact) mass is 270 g/mol. The van der Waals surface area contributed by atoms with E-state index in [9.17, 15) is 0 Å². The van der Waals surface area contributed by atoms with Gasteiger partial charge in [0.15, 0.2) is 0 Å². The summed E-state index contributed by atoms with van der Waals surface area (Å²) in [5, 5.41) is 1.46. The second-order valence-corrected chi connectivity index (χ2v) is 6.69. The summed E-state index contributed by atoms with van der Waals surface area (Å²) in [6.45, 7) is 7.47. The Kier molecular flexibility index (Phi) is 3.17. The van der Waals surface area contributed by atoms with Crippen LogP contribution >= 0.6 is 0 Å². The fraction of sp³-hybridized carbons (Fsp3) is 0.556. The quantitative estimate of drug-likeness (QED) is 0.882. The SMILES string of the molecule is Cc1cc(C)c2c(C3(CN)CCCC3)c(C)n(C)c2c1. The van der Waals surface area contributed by atoms with E-state index in [0.29, 0.717) is 0 Å². The van der Waals surface area contributed by atoms with Crippen molar-refractivity contribution in [3.05, 3.63) is 34.5 Å². The minimum Gasteiger partial charge on any atom is -0.348 e. The maximum absolute atomic E-state index is 6.24. The van der Waals surface area contributed by atoms with Gasteiger partial charge >= 0.3 is 0 Å². The van der Waals surface area contributed by atoms with E-state index in [1.165, 1.54) is 59.0 Å². The van der Waals surface area contributed by atoms with Gasteiger partial charge in [0.1, 0.15) is 0 Å². The van der Waals surface area contributed by atoms with Crippen molar-refractivity contribution in [2.75, 3.05) is 6.54 Å². The normalized spacial score (nSPS) is 18.1. The average Bonchev–Trinajstić information content (AvgIpc) is 2.97. The standard InChI is InChI=1S/C18H26N2/c1-12-9-13(2)16-15(10-12)20(4)14(3)17(16)18(11-19)7-5-6-8-18/h9-10H,5-8,11,19H2,1-4H3. The van der Waals surface area contributed by atoms with Gasteiger partial charge in [0, 0.05) is 35.6 Å². The lowest BCUT2D eigenvalue weighted by molar-refractivity contribution is 0.452. The van der Waals surface area contributed by atoms with Crippen LogP contribution in [0.2, 0.25) is 0 Å². The first-order valence-electron chi connectivity index (χ1n) is 7.77. The van der Waals surface area contributed by atoms with Crippen molar-refractivity contribution in [1.29, 1.82) is 0 Å². The van der Waals surface area contributed by atoms with Crippen LogP contribution in [0.3, 0.4) is 0 Å². The van der Waals surface area contributed by atoms with Crippen LogP contribution in [0.25, 0.3) is 10.9 Å². The molecule has 3 rings (SSSR count). The van der Waals surface area contributed by atoms with E-state index in [1.807, 2.05) is 0 Å². The molecular formula is C18H26N2. The van der Waals surface area contributed by atoms with E-state index in [1.54, 1.807) is 0 Å². The molecular weight excluding hydrogens is 244 g/mol. The molecule has 2 aromatic rings. The predicted octanol–water partition coefficient (Wildman–Crippen LogP) is 3.87. The van der Waals surface area contributed by atoms with Crippen LogP contribution in [0.1, 0.15) is 48.1 Å². The zero-order valence-corrected chi connectivity index (χ0v) is 13.2. The zero-order chi connectivity index (χ0) is 14.5. The molecule has 2 heteroatoms. The second kappa shape index (κ2) is 4.63. The Morgan fingerprint density at radius 1 is 1.15 bits per heavy atom. The lowest BCUT2D eigenvalue weighted by Gasteiger charge is -2.29. The molecule has 1 fully saturated rings. The van der Waals surface area contributed by atoms with Crippen molar-refractivity contribution in [1.82, 2.24) is 4.57 Å². The number of aromatic nitrogens is 1. The number of hydrogen-bond donors (Lipinski definition) is 1. The van der Waals surface area contributed by atoms with E-state index in [4.69, 9.17) is 5.73 Å². The summed E-state index contributed by atoms with van der Waals surface area (Å²) < 4.78 is 2.36. The molecule has 0 spiro atoms. The highest BCUT2D eigenvalue weighted by Gasteiger charge is 2.38. The molecule has 1 aromatic carbocycles. The number of nitrogens with two attached hydrogens (primary N) is 1. The van der Waals surface area contributed by atoms with Gasteiger partial charge in [-0.15, -0.1) is 0 Å². The molecule has 0 unspecified atom stereocenters. The molecule has 0 atom stereocenters. The van der Waals surface area contributed by atoms with Crippen LogP contribution in [0.4, 0.5) is 0 Å². The highest BCUT2D eigenvalue weighted by molar-refractivity contribution is 5.90. The molecule has 0 radical (unpaired) electrons. The van der Waals surface area contributed by atoms with E-state index >= 15 is 0 Å². The molecule has 1 aliphatic rings. The molecule has 2 N–H and O–H groups in total. The Hall–Kier alpha value is -1.28. The van der Waals surface area contributed by atoms with Gasteiger partial charge in [-0.1, -0.05) is 18.9 Å². The van der Waals surface area contributed by atoms with Crippen LogP contribution in [0.5, 0.6) is 0 Å². The highest BCUT2D eigenvalue weighted by atomic mass is 15.0. The second-order valence-electron chi connectivity index (χ2n) is 6.69. The molecule has 0 saturated heterocycles. The Labute approximate surface area is 122 Å². The summed E-state index contributed by atoms with van der Waals surface area (Å²) in [5.41, 5.74) is 13.5. The highest BCUT2D eigenvalue weighted by Crippen LogP contribution is 2.46. The van der Waals surface area contributed by atoms with Gasteiger partial charge in [0.05, 0.1) is 0 Å². The first-order chi connectivity index (χ1) is 9.50. The minimum atomic E-state index is 0.212. The summed E-state index contributed by atoms with van der Waals surface area (Å²) in [6, 6.07) is 4.63. The molecule has 0 amide bonds. The molecule has 1 aromatic heterocycles. The topological polar surface area (TPSA) is 30.9 Å². The molecule has 1 heterocycles. The van der Waals surface area contributed by atoms with Gasteiger partial charge in [0.25, 0.3) is 0 Å². The fourth-order valence-electron chi connectivity index (χ4n) is 4.32. The van der Waals surface area contributed by atoms with Gasteiger partial charge in [-0.05, 0) is 56.4 Å². The van der Waals surface area contributed by atoms with Crippen molar-refractivity contribution in [2.45, 2.75) is 51.9 Å². The maximum Gasteiger partial charge on any atom is 0.0488 e. The van der Waals surface area contributed by atoms with Gasteiger partial charge < -0.3 is 10.3 Å². The smallest absolute Gasteiger partial charge is 0.0488 e. The Morgan fingerprint density at radius 3 is 2.40 bits per heavy atom. The van der Waals surface area contributed by atoms with E-state index in [-0.39, 0.29) is 5.41 Å². The third kappa shape index (κ3) is 1.74. The number of rotatable bonds is 2. The van der Waals surface area contributed by atoms with Gasteiger partial charge in [-0.3, -0.25) is 0 Å². The Balaban J connectivity index is 2.38. The third-order valence-electron chi connectivity index (χ3n) is 5.42. The number of nitrogens with zero attached hydrogens (tertiary/aromatic N) is 1. The van der Waals surface area contributed by atoms with Crippen LogP contribution in [-0.4, -0.2) is 11.1 Å². The van der Waals surface area contributed by atoms with Crippen LogP contribution in [0.15, 0.2) is 12.1 Å². The first kappa shape index (κ1) is 13.7. The van der Waals surface area contributed by atoms with Crippen molar-refractivity contribution in [2.24, 2.45) is 12.8 Å². The molecule has 1 aliphatic carbocycles. The van der Waals surface area contributed by atoms with E-state index in [0.717, 1.165) is 6.54 Å². The summed E-state index contributed by atoms with van der Waals surface area (Å²) in [5.74, 6) is 0. The average molecular weight is 270 g/mol. The lowest BCUT2D eigenvalue weighted by atomic mass is 9.76. The molecule has 0 aliphatic heterocycles. The van der Waals surface area contributed by atoms with Crippen molar-refractivity contribution >= 4 is 10.9 Å². The van der Waals surface area contributed by atoms with Crippen molar-refractivity contribution in [3.8, 4) is 0 Å². The summed E-state index contributed by atoms with van der Waals surface area (Å²) in [7, 11) is 2.19. The van der Waals surface area contributed by atoms with E-state index in [2.05, 4.69) is 44.5 Å².